The minimum absolute atomic E-state index is 0.0222. The fourth-order valence-corrected chi connectivity index (χ4v) is 1.09. The largest absolute Gasteiger partial charge is 0.478 e. The first-order valence-electron chi connectivity index (χ1n) is 4.18. The molecule has 1 aromatic carbocycles. The predicted octanol–water partition coefficient (Wildman–Crippen LogP) is 1.61. The smallest absolute Gasteiger partial charge is 0.328 e. The van der Waals surface area contributed by atoms with Crippen LogP contribution in [0.2, 0.25) is 0 Å². The van der Waals surface area contributed by atoms with Crippen LogP contribution in [0.1, 0.15) is 21.5 Å². The summed E-state index contributed by atoms with van der Waals surface area (Å²) in [6.45, 7) is 0. The Kier molecular flexibility index (Phi) is 3.51. The fourth-order valence-electron chi connectivity index (χ4n) is 1.09. The zero-order valence-corrected chi connectivity index (χ0v) is 7.98. The molecule has 80 valence electrons. The van der Waals surface area contributed by atoms with E-state index in [4.69, 9.17) is 10.4 Å². The van der Waals surface area contributed by atoms with Crippen molar-refractivity contribution in [1.82, 2.24) is 0 Å². The van der Waals surface area contributed by atoms with Crippen molar-refractivity contribution < 1.29 is 19.1 Å². The van der Waals surface area contributed by atoms with Crippen LogP contribution in [0.25, 0.3) is 6.08 Å². The summed E-state index contributed by atoms with van der Waals surface area (Å²) in [6.07, 6.45) is 2.18. The Balaban J connectivity index is 3.28. The SMILES string of the molecule is N#Cc1cc(F)c(/C=C/C(=O)O)cc1C=O. The number of carbonyl (C=O) groups excluding carboxylic acids is 1. The molecule has 0 spiro atoms. The molecule has 0 bridgehead atoms. The molecule has 0 aliphatic rings. The van der Waals surface area contributed by atoms with Gasteiger partial charge in [-0.1, -0.05) is 0 Å². The van der Waals surface area contributed by atoms with Crippen LogP contribution in [0.4, 0.5) is 4.39 Å². The highest BCUT2D eigenvalue weighted by Crippen LogP contribution is 2.15. The van der Waals surface area contributed by atoms with Gasteiger partial charge in [-0.05, 0) is 18.2 Å². The number of aldehydes is 1. The molecule has 0 atom stereocenters. The van der Waals surface area contributed by atoms with Gasteiger partial charge in [0.05, 0.1) is 11.6 Å². The molecule has 0 aliphatic carbocycles. The third-order valence-electron chi connectivity index (χ3n) is 1.82. The summed E-state index contributed by atoms with van der Waals surface area (Å²) in [6, 6.07) is 3.69. The summed E-state index contributed by atoms with van der Waals surface area (Å²) >= 11 is 0. The van der Waals surface area contributed by atoms with Crippen LogP contribution in [0.3, 0.4) is 0 Å². The maximum absolute atomic E-state index is 13.3. The number of carboxylic acids is 1. The minimum atomic E-state index is -1.23. The van der Waals surface area contributed by atoms with Gasteiger partial charge in [0.15, 0.2) is 6.29 Å². The van der Waals surface area contributed by atoms with E-state index in [0.717, 1.165) is 24.3 Å². The highest BCUT2D eigenvalue weighted by Gasteiger charge is 2.07. The summed E-state index contributed by atoms with van der Waals surface area (Å²) in [5, 5.41) is 17.0. The molecule has 4 nitrogen and oxygen atoms in total. The number of nitrogens with zero attached hydrogens (tertiary/aromatic N) is 1. The van der Waals surface area contributed by atoms with Crippen molar-refractivity contribution in [1.29, 1.82) is 5.26 Å². The van der Waals surface area contributed by atoms with Gasteiger partial charge in [-0.2, -0.15) is 5.26 Å². The Morgan fingerprint density at radius 3 is 2.62 bits per heavy atom. The second-order valence-electron chi connectivity index (χ2n) is 2.86. The van der Waals surface area contributed by atoms with E-state index in [2.05, 4.69) is 0 Å². The van der Waals surface area contributed by atoms with Crippen molar-refractivity contribution in [2.75, 3.05) is 0 Å². The van der Waals surface area contributed by atoms with Crippen molar-refractivity contribution in [3.63, 3.8) is 0 Å². The van der Waals surface area contributed by atoms with E-state index in [1.165, 1.54) is 0 Å². The lowest BCUT2D eigenvalue weighted by molar-refractivity contribution is -0.131. The van der Waals surface area contributed by atoms with Crippen LogP contribution in [-0.4, -0.2) is 17.4 Å². The molecule has 1 N–H and O–H groups in total. The van der Waals surface area contributed by atoms with E-state index >= 15 is 0 Å². The second kappa shape index (κ2) is 4.84. The quantitative estimate of drug-likeness (QED) is 0.618. The first-order valence-corrected chi connectivity index (χ1v) is 4.18. The number of benzene rings is 1. The van der Waals surface area contributed by atoms with Crippen LogP contribution in [0, 0.1) is 17.1 Å². The summed E-state index contributed by atoms with van der Waals surface area (Å²) in [5.41, 5.74) is -0.114. The molecule has 0 saturated carbocycles. The number of halogens is 1. The zero-order valence-electron chi connectivity index (χ0n) is 7.98. The molecule has 0 saturated heterocycles. The maximum atomic E-state index is 13.3. The first-order chi connectivity index (χ1) is 7.58. The number of carbonyl (C=O) groups is 2. The number of carboxylic acid groups (broad SMARTS) is 1. The van der Waals surface area contributed by atoms with Gasteiger partial charge in [0.1, 0.15) is 5.82 Å². The molecule has 1 rings (SSSR count). The van der Waals surface area contributed by atoms with Crippen molar-refractivity contribution >= 4 is 18.3 Å². The molecule has 0 fully saturated rings. The van der Waals surface area contributed by atoms with Gasteiger partial charge in [0.2, 0.25) is 0 Å². The van der Waals surface area contributed by atoms with E-state index in [9.17, 15) is 14.0 Å². The first kappa shape index (κ1) is 11.6. The van der Waals surface area contributed by atoms with Crippen molar-refractivity contribution in [3.05, 3.63) is 40.7 Å². The van der Waals surface area contributed by atoms with E-state index in [-0.39, 0.29) is 16.7 Å². The van der Waals surface area contributed by atoms with E-state index in [1.807, 2.05) is 0 Å². The number of hydrogen-bond donors (Lipinski definition) is 1. The zero-order chi connectivity index (χ0) is 12.1. The minimum Gasteiger partial charge on any atom is -0.478 e. The Labute approximate surface area is 90.2 Å². The highest BCUT2D eigenvalue weighted by atomic mass is 19.1. The molecule has 16 heavy (non-hydrogen) atoms. The number of aliphatic carboxylic acids is 1. The highest BCUT2D eigenvalue weighted by molar-refractivity contribution is 5.86. The van der Waals surface area contributed by atoms with Gasteiger partial charge in [0, 0.05) is 17.2 Å². The van der Waals surface area contributed by atoms with Crippen LogP contribution in [0.5, 0.6) is 0 Å². The Bertz CT molecular complexity index is 515. The van der Waals surface area contributed by atoms with E-state index < -0.39 is 11.8 Å². The lowest BCUT2D eigenvalue weighted by atomic mass is 10.0. The average Bonchev–Trinajstić information content (AvgIpc) is 2.26. The van der Waals surface area contributed by atoms with Gasteiger partial charge >= 0.3 is 5.97 Å². The number of rotatable bonds is 3. The lowest BCUT2D eigenvalue weighted by Crippen LogP contribution is -1.94. The predicted molar refractivity (Wildman–Crippen MR) is 53.2 cm³/mol. The topological polar surface area (TPSA) is 78.2 Å². The average molecular weight is 219 g/mol. The molecule has 0 amide bonds. The summed E-state index contributed by atoms with van der Waals surface area (Å²) in [4.78, 5) is 20.8. The van der Waals surface area contributed by atoms with Gasteiger partial charge in [-0.25, -0.2) is 9.18 Å². The van der Waals surface area contributed by atoms with Crippen LogP contribution in [-0.2, 0) is 4.79 Å². The van der Waals surface area contributed by atoms with Crippen LogP contribution in [0.15, 0.2) is 18.2 Å². The molecular formula is C11H6FNO3. The van der Waals surface area contributed by atoms with Crippen molar-refractivity contribution in [2.24, 2.45) is 0 Å². The van der Waals surface area contributed by atoms with Crippen molar-refractivity contribution in [3.8, 4) is 6.07 Å². The Morgan fingerprint density at radius 1 is 1.44 bits per heavy atom. The molecule has 0 radical (unpaired) electrons. The third kappa shape index (κ3) is 2.51. The molecule has 1 aromatic rings. The molecule has 0 heterocycles. The molecule has 0 aromatic heterocycles. The number of hydrogen-bond acceptors (Lipinski definition) is 3. The lowest BCUT2D eigenvalue weighted by Gasteiger charge is -2.00. The third-order valence-corrected chi connectivity index (χ3v) is 1.82. The standard InChI is InChI=1S/C11H6FNO3/c12-10-4-8(5-13)9(6-14)3-7(10)1-2-11(15)16/h1-4,6H,(H,15,16)/b2-1+. The van der Waals surface area contributed by atoms with Gasteiger partial charge < -0.3 is 5.11 Å². The fraction of sp³-hybridized carbons (Fsp3) is 0. The molecule has 0 unspecified atom stereocenters. The monoisotopic (exact) mass is 219 g/mol. The normalized spacial score (nSPS) is 10.0. The van der Waals surface area contributed by atoms with Gasteiger partial charge in [-0.3, -0.25) is 4.79 Å². The second-order valence-corrected chi connectivity index (χ2v) is 2.86. The summed E-state index contributed by atoms with van der Waals surface area (Å²) < 4.78 is 13.3. The Morgan fingerprint density at radius 2 is 2.12 bits per heavy atom. The van der Waals surface area contributed by atoms with Crippen LogP contribution < -0.4 is 0 Å². The van der Waals surface area contributed by atoms with Crippen molar-refractivity contribution in [2.45, 2.75) is 0 Å². The molecule has 5 heteroatoms. The van der Waals surface area contributed by atoms with Crippen LogP contribution >= 0.6 is 0 Å². The Hall–Kier alpha value is -2.48. The number of nitriles is 1. The molecule has 0 aliphatic heterocycles. The van der Waals surface area contributed by atoms with E-state index in [1.54, 1.807) is 6.07 Å². The summed E-state index contributed by atoms with van der Waals surface area (Å²) in [7, 11) is 0. The summed E-state index contributed by atoms with van der Waals surface area (Å²) in [5.74, 6) is -1.98. The van der Waals surface area contributed by atoms with Gasteiger partial charge in [-0.15, -0.1) is 0 Å². The van der Waals surface area contributed by atoms with E-state index in [0.29, 0.717) is 6.29 Å². The maximum Gasteiger partial charge on any atom is 0.328 e. The molecular weight excluding hydrogens is 213 g/mol. The van der Waals surface area contributed by atoms with Gasteiger partial charge in [0.25, 0.3) is 0 Å².